The smallest absolute Gasteiger partial charge is 0.444 e. The van der Waals surface area contributed by atoms with Gasteiger partial charge in [-0.2, -0.15) is 0 Å². The lowest BCUT2D eigenvalue weighted by Crippen LogP contribution is -2.54. The van der Waals surface area contributed by atoms with Crippen molar-refractivity contribution in [3.63, 3.8) is 0 Å². The van der Waals surface area contributed by atoms with Gasteiger partial charge in [0.2, 0.25) is 0 Å². The number of rotatable bonds is 5. The molecule has 0 bridgehead atoms. The van der Waals surface area contributed by atoms with Crippen molar-refractivity contribution >= 4 is 6.09 Å². The van der Waals surface area contributed by atoms with E-state index in [1.807, 2.05) is 0 Å². The van der Waals surface area contributed by atoms with Gasteiger partial charge in [0.25, 0.3) is 0 Å². The molecule has 10 heteroatoms. The minimum absolute atomic E-state index is 0.293. The van der Waals surface area contributed by atoms with Gasteiger partial charge in [-0.1, -0.05) is 0 Å². The number of amides is 1. The molecule has 2 aromatic rings. The summed E-state index contributed by atoms with van der Waals surface area (Å²) in [6.45, 7) is 6.40. The third kappa shape index (κ3) is 6.88. The minimum Gasteiger partial charge on any atom is -0.444 e. The molecule has 1 aliphatic rings. The number of alkyl carbamates (subject to hydrolysis) is 1. The zero-order valence-corrected chi connectivity index (χ0v) is 17.6. The molecule has 1 amide bonds. The van der Waals surface area contributed by atoms with Crippen LogP contribution in [0, 0.1) is 0 Å². The zero-order valence-electron chi connectivity index (χ0n) is 17.6. The second-order valence-corrected chi connectivity index (χ2v) is 8.51. The summed E-state index contributed by atoms with van der Waals surface area (Å²) < 4.78 is 51.7. The molecular weight excluding hydrogens is 415 g/mol. The first kappa shape index (κ1) is 22.9. The molecule has 1 saturated heterocycles. The molecule has 0 unspecified atom stereocenters. The van der Waals surface area contributed by atoms with E-state index in [0.29, 0.717) is 49.6 Å². The summed E-state index contributed by atoms with van der Waals surface area (Å²) in [5.41, 5.74) is 0.124. The van der Waals surface area contributed by atoms with Crippen LogP contribution in [0.25, 0.3) is 11.3 Å². The normalized spacial score (nSPS) is 16.6. The van der Waals surface area contributed by atoms with Gasteiger partial charge in [0.15, 0.2) is 0 Å². The highest BCUT2D eigenvalue weighted by atomic mass is 19.4. The number of aromatic amines is 1. The first-order valence-corrected chi connectivity index (χ1v) is 9.92. The summed E-state index contributed by atoms with van der Waals surface area (Å²) >= 11 is 0. The minimum atomic E-state index is -4.73. The maximum atomic E-state index is 12.4. The second kappa shape index (κ2) is 8.78. The van der Waals surface area contributed by atoms with Crippen molar-refractivity contribution in [1.82, 2.24) is 15.3 Å². The quantitative estimate of drug-likeness (QED) is 0.709. The lowest BCUT2D eigenvalue weighted by atomic mass is 9.86. The van der Waals surface area contributed by atoms with Gasteiger partial charge in [-0.05, 0) is 63.4 Å². The number of imidazole rings is 1. The fourth-order valence-corrected chi connectivity index (χ4v) is 3.38. The largest absolute Gasteiger partial charge is 0.573 e. The number of nitrogens with one attached hydrogen (secondary N) is 2. The molecule has 2 N–H and O–H groups in total. The van der Waals surface area contributed by atoms with Crippen molar-refractivity contribution in [2.45, 2.75) is 57.5 Å². The van der Waals surface area contributed by atoms with E-state index in [9.17, 15) is 18.0 Å². The van der Waals surface area contributed by atoms with Crippen LogP contribution >= 0.6 is 0 Å². The lowest BCUT2D eigenvalue weighted by molar-refractivity contribution is -0.274. The van der Waals surface area contributed by atoms with E-state index in [1.54, 1.807) is 27.0 Å². The average molecular weight is 441 g/mol. The standard InChI is InChI=1S/C21H26F3N3O4/c1-19(2,3)31-18(28)27-20(8-10-29-11-9-20)12-17-25-13-16(26-17)14-4-6-15(7-5-14)30-21(22,23)24/h4-7,13H,8-12H2,1-3H3,(H,25,26)(H,27,28). The topological polar surface area (TPSA) is 85.5 Å². The highest BCUT2D eigenvalue weighted by Crippen LogP contribution is 2.28. The number of halogens is 3. The maximum Gasteiger partial charge on any atom is 0.573 e. The number of H-pyrrole nitrogens is 1. The number of carbonyl (C=O) groups excluding carboxylic acids is 1. The second-order valence-electron chi connectivity index (χ2n) is 8.51. The van der Waals surface area contributed by atoms with Crippen molar-refractivity contribution < 1.29 is 32.2 Å². The highest BCUT2D eigenvalue weighted by Gasteiger charge is 2.37. The molecule has 0 atom stereocenters. The lowest BCUT2D eigenvalue weighted by Gasteiger charge is -2.37. The van der Waals surface area contributed by atoms with Crippen LogP contribution in [-0.4, -0.2) is 46.8 Å². The van der Waals surface area contributed by atoms with E-state index >= 15 is 0 Å². The number of nitrogens with zero attached hydrogens (tertiary/aromatic N) is 1. The van der Waals surface area contributed by atoms with E-state index in [4.69, 9.17) is 9.47 Å². The summed E-state index contributed by atoms with van der Waals surface area (Å²) in [7, 11) is 0. The number of hydrogen-bond donors (Lipinski definition) is 2. The highest BCUT2D eigenvalue weighted by molar-refractivity contribution is 5.69. The van der Waals surface area contributed by atoms with Crippen molar-refractivity contribution in [3.8, 4) is 17.0 Å². The van der Waals surface area contributed by atoms with Crippen LogP contribution in [0.15, 0.2) is 30.5 Å². The Balaban J connectivity index is 1.71. The molecule has 0 radical (unpaired) electrons. The van der Waals surface area contributed by atoms with Crippen molar-refractivity contribution in [2.24, 2.45) is 0 Å². The number of ether oxygens (including phenoxy) is 3. The van der Waals surface area contributed by atoms with Crippen LogP contribution in [0.3, 0.4) is 0 Å². The Bertz CT molecular complexity index is 883. The average Bonchev–Trinajstić information content (AvgIpc) is 3.08. The first-order valence-electron chi connectivity index (χ1n) is 9.92. The summed E-state index contributed by atoms with van der Waals surface area (Å²) in [5, 5.41) is 2.99. The molecule has 0 saturated carbocycles. The molecule has 2 heterocycles. The number of hydrogen-bond acceptors (Lipinski definition) is 5. The Labute approximate surface area is 178 Å². The summed E-state index contributed by atoms with van der Waals surface area (Å²) in [6.07, 6.45) is -1.99. The molecule has 170 valence electrons. The van der Waals surface area contributed by atoms with E-state index in [2.05, 4.69) is 20.0 Å². The van der Waals surface area contributed by atoms with Crippen LogP contribution in [0.4, 0.5) is 18.0 Å². The van der Waals surface area contributed by atoms with Crippen molar-refractivity contribution in [1.29, 1.82) is 0 Å². The Morgan fingerprint density at radius 1 is 1.19 bits per heavy atom. The number of alkyl halides is 3. The fourth-order valence-electron chi connectivity index (χ4n) is 3.38. The van der Waals surface area contributed by atoms with Gasteiger partial charge in [-0.25, -0.2) is 9.78 Å². The molecular formula is C21H26F3N3O4. The first-order chi connectivity index (χ1) is 14.4. The number of benzene rings is 1. The maximum absolute atomic E-state index is 12.4. The summed E-state index contributed by atoms with van der Waals surface area (Å²) in [6, 6.07) is 5.52. The fraction of sp³-hybridized carbons (Fsp3) is 0.524. The van der Waals surface area contributed by atoms with Gasteiger partial charge in [-0.3, -0.25) is 0 Å². The van der Waals surface area contributed by atoms with Crippen molar-refractivity contribution in [3.05, 3.63) is 36.3 Å². The van der Waals surface area contributed by atoms with Crippen molar-refractivity contribution in [2.75, 3.05) is 13.2 Å². The molecule has 3 rings (SSSR count). The SMILES string of the molecule is CC(C)(C)OC(=O)NC1(Cc2ncc(-c3ccc(OC(F)(F)F)cc3)[nH]2)CCOCC1. The molecule has 31 heavy (non-hydrogen) atoms. The van der Waals surface area contributed by atoms with Crippen LogP contribution in [0.5, 0.6) is 5.75 Å². The van der Waals surface area contributed by atoms with Gasteiger partial charge in [0.1, 0.15) is 17.2 Å². The van der Waals surface area contributed by atoms with E-state index in [1.165, 1.54) is 24.3 Å². The summed E-state index contributed by atoms with van der Waals surface area (Å²) in [4.78, 5) is 20.0. The van der Waals surface area contributed by atoms with Crippen LogP contribution in [0.1, 0.15) is 39.4 Å². The number of aromatic nitrogens is 2. The molecule has 1 aliphatic heterocycles. The Kier molecular flexibility index (Phi) is 6.49. The molecule has 0 aliphatic carbocycles. The third-order valence-corrected chi connectivity index (χ3v) is 4.75. The summed E-state index contributed by atoms with van der Waals surface area (Å²) in [5.74, 6) is 0.349. The van der Waals surface area contributed by atoms with Gasteiger partial charge in [-0.15, -0.1) is 13.2 Å². The molecule has 1 aromatic carbocycles. The van der Waals surface area contributed by atoms with E-state index in [0.717, 1.165) is 0 Å². The number of carbonyl (C=O) groups is 1. The predicted octanol–water partition coefficient (Wildman–Crippen LogP) is 4.59. The predicted molar refractivity (Wildman–Crippen MR) is 107 cm³/mol. The van der Waals surface area contributed by atoms with Crippen LogP contribution in [-0.2, 0) is 15.9 Å². The Morgan fingerprint density at radius 2 is 1.84 bits per heavy atom. The van der Waals surface area contributed by atoms with Crippen LogP contribution in [0.2, 0.25) is 0 Å². The third-order valence-electron chi connectivity index (χ3n) is 4.75. The van der Waals surface area contributed by atoms with Gasteiger partial charge in [0, 0.05) is 19.6 Å². The van der Waals surface area contributed by atoms with Gasteiger partial charge < -0.3 is 24.5 Å². The molecule has 0 spiro atoms. The molecule has 1 fully saturated rings. The van der Waals surface area contributed by atoms with Gasteiger partial charge in [0.05, 0.1) is 17.4 Å². The molecule has 7 nitrogen and oxygen atoms in total. The zero-order chi connectivity index (χ0) is 22.7. The Morgan fingerprint density at radius 3 is 2.42 bits per heavy atom. The monoisotopic (exact) mass is 441 g/mol. The van der Waals surface area contributed by atoms with E-state index < -0.39 is 23.6 Å². The Hall–Kier alpha value is -2.75. The van der Waals surface area contributed by atoms with Crippen LogP contribution < -0.4 is 10.1 Å². The van der Waals surface area contributed by atoms with E-state index in [-0.39, 0.29) is 5.75 Å². The van der Waals surface area contributed by atoms with Gasteiger partial charge >= 0.3 is 12.5 Å². The molecule has 1 aromatic heterocycles.